The van der Waals surface area contributed by atoms with Crippen molar-refractivity contribution in [3.8, 4) is 0 Å². The number of halogens is 1. The van der Waals surface area contributed by atoms with Gasteiger partial charge < -0.3 is 5.11 Å². The van der Waals surface area contributed by atoms with Gasteiger partial charge in [0.15, 0.2) is 0 Å². The largest absolute Gasteiger partial charge is 0.384 e. The van der Waals surface area contributed by atoms with Gasteiger partial charge in [0, 0.05) is 6.54 Å². The Balaban J connectivity index is 3.16. The van der Waals surface area contributed by atoms with Crippen LogP contribution in [0.3, 0.4) is 0 Å². The molecule has 15 heavy (non-hydrogen) atoms. The number of hydrogen-bond donors (Lipinski definition) is 1. The van der Waals surface area contributed by atoms with Crippen LogP contribution in [0.15, 0.2) is 6.20 Å². The summed E-state index contributed by atoms with van der Waals surface area (Å²) in [5.74, 6) is 0.0994. The van der Waals surface area contributed by atoms with Crippen molar-refractivity contribution in [2.45, 2.75) is 46.3 Å². The standard InChI is InChI=1S/C11H19ClN2O/c1-5-6-14-10(9(12)7-13-14)11(4,15)8(2)3/h7-8,15H,5-6H2,1-4H3. The number of aliphatic hydroxyl groups is 1. The maximum atomic E-state index is 10.4. The molecular formula is C11H19ClN2O. The molecule has 1 N–H and O–H groups in total. The minimum atomic E-state index is -0.928. The first kappa shape index (κ1) is 12.5. The lowest BCUT2D eigenvalue weighted by Crippen LogP contribution is -2.31. The van der Waals surface area contributed by atoms with Gasteiger partial charge in [-0.25, -0.2) is 0 Å². The Morgan fingerprint density at radius 3 is 2.67 bits per heavy atom. The average Bonchev–Trinajstić information content (AvgIpc) is 2.48. The molecule has 0 saturated heterocycles. The molecule has 0 fully saturated rings. The van der Waals surface area contributed by atoms with E-state index in [2.05, 4.69) is 12.0 Å². The van der Waals surface area contributed by atoms with Crippen molar-refractivity contribution >= 4 is 11.6 Å². The quantitative estimate of drug-likeness (QED) is 0.864. The van der Waals surface area contributed by atoms with Crippen LogP contribution in [0.25, 0.3) is 0 Å². The number of aryl methyl sites for hydroxylation is 1. The van der Waals surface area contributed by atoms with E-state index in [-0.39, 0.29) is 5.92 Å². The monoisotopic (exact) mass is 230 g/mol. The molecule has 4 heteroatoms. The van der Waals surface area contributed by atoms with Gasteiger partial charge in [-0.1, -0.05) is 32.4 Å². The summed E-state index contributed by atoms with van der Waals surface area (Å²) in [7, 11) is 0. The van der Waals surface area contributed by atoms with E-state index in [0.717, 1.165) is 18.7 Å². The Kier molecular flexibility index (Phi) is 3.79. The zero-order valence-electron chi connectivity index (χ0n) is 9.79. The Bertz CT molecular complexity index is 331. The van der Waals surface area contributed by atoms with Crippen LogP contribution >= 0.6 is 11.6 Å². The van der Waals surface area contributed by atoms with Crippen molar-refractivity contribution in [1.29, 1.82) is 0 Å². The lowest BCUT2D eigenvalue weighted by atomic mass is 9.89. The number of aromatic nitrogens is 2. The van der Waals surface area contributed by atoms with Gasteiger partial charge in [-0.15, -0.1) is 0 Å². The number of hydrogen-bond acceptors (Lipinski definition) is 2. The van der Waals surface area contributed by atoms with Crippen LogP contribution in [0.2, 0.25) is 5.02 Å². The van der Waals surface area contributed by atoms with Crippen LogP contribution in [-0.4, -0.2) is 14.9 Å². The first-order valence-corrected chi connectivity index (χ1v) is 5.73. The van der Waals surface area contributed by atoms with E-state index in [1.165, 1.54) is 0 Å². The molecule has 1 unspecified atom stereocenters. The molecule has 0 aliphatic heterocycles. The van der Waals surface area contributed by atoms with Gasteiger partial charge >= 0.3 is 0 Å². The molecule has 0 spiro atoms. The minimum Gasteiger partial charge on any atom is -0.384 e. The predicted molar refractivity (Wildman–Crippen MR) is 61.9 cm³/mol. The molecule has 0 radical (unpaired) electrons. The van der Waals surface area contributed by atoms with Crippen molar-refractivity contribution in [2.75, 3.05) is 0 Å². The lowest BCUT2D eigenvalue weighted by molar-refractivity contribution is 0.000526. The Hall–Kier alpha value is -0.540. The maximum Gasteiger partial charge on any atom is 0.107 e. The highest BCUT2D eigenvalue weighted by atomic mass is 35.5. The van der Waals surface area contributed by atoms with Gasteiger partial charge in [-0.2, -0.15) is 5.10 Å². The Labute approximate surface area is 96.1 Å². The van der Waals surface area contributed by atoms with Crippen molar-refractivity contribution < 1.29 is 5.11 Å². The van der Waals surface area contributed by atoms with E-state index in [1.54, 1.807) is 17.8 Å². The zero-order valence-corrected chi connectivity index (χ0v) is 10.5. The first-order chi connectivity index (χ1) is 6.91. The van der Waals surface area contributed by atoms with Crippen molar-refractivity contribution in [3.05, 3.63) is 16.9 Å². The fourth-order valence-electron chi connectivity index (χ4n) is 1.52. The lowest BCUT2D eigenvalue weighted by Gasteiger charge is -2.28. The molecule has 0 amide bonds. The molecule has 0 aliphatic carbocycles. The summed E-state index contributed by atoms with van der Waals surface area (Å²) >= 11 is 6.07. The topological polar surface area (TPSA) is 38.0 Å². The molecule has 86 valence electrons. The predicted octanol–water partition coefficient (Wildman–Crippen LogP) is 2.81. The van der Waals surface area contributed by atoms with Crippen molar-refractivity contribution in [2.24, 2.45) is 5.92 Å². The number of rotatable bonds is 4. The summed E-state index contributed by atoms with van der Waals surface area (Å²) < 4.78 is 1.79. The van der Waals surface area contributed by atoms with Crippen molar-refractivity contribution in [3.63, 3.8) is 0 Å². The fraction of sp³-hybridized carbons (Fsp3) is 0.727. The highest BCUT2D eigenvalue weighted by Crippen LogP contribution is 2.33. The molecule has 1 aromatic rings. The van der Waals surface area contributed by atoms with Gasteiger partial charge in [0.05, 0.1) is 16.9 Å². The fourth-order valence-corrected chi connectivity index (χ4v) is 1.85. The molecule has 1 atom stereocenters. The molecule has 1 rings (SSSR count). The van der Waals surface area contributed by atoms with Gasteiger partial charge in [0.1, 0.15) is 5.60 Å². The summed E-state index contributed by atoms with van der Waals surface area (Å²) in [6.07, 6.45) is 2.57. The third kappa shape index (κ3) is 2.34. The molecule has 0 aromatic carbocycles. The van der Waals surface area contributed by atoms with E-state index in [1.807, 2.05) is 13.8 Å². The van der Waals surface area contributed by atoms with E-state index in [9.17, 15) is 5.11 Å². The first-order valence-electron chi connectivity index (χ1n) is 5.35. The van der Waals surface area contributed by atoms with Gasteiger partial charge in [0.2, 0.25) is 0 Å². The van der Waals surface area contributed by atoms with Crippen LogP contribution < -0.4 is 0 Å². The molecule has 1 heterocycles. The van der Waals surface area contributed by atoms with Gasteiger partial charge in [-0.05, 0) is 19.3 Å². The van der Waals surface area contributed by atoms with Crippen LogP contribution in [-0.2, 0) is 12.1 Å². The summed E-state index contributed by atoms with van der Waals surface area (Å²) in [4.78, 5) is 0. The van der Waals surface area contributed by atoms with Crippen molar-refractivity contribution in [1.82, 2.24) is 9.78 Å². The summed E-state index contributed by atoms with van der Waals surface area (Å²) in [5.41, 5.74) is -0.205. The zero-order chi connectivity index (χ0) is 11.6. The van der Waals surface area contributed by atoms with E-state index >= 15 is 0 Å². The number of nitrogens with zero attached hydrogens (tertiary/aromatic N) is 2. The molecule has 1 aromatic heterocycles. The highest BCUT2D eigenvalue weighted by Gasteiger charge is 2.33. The van der Waals surface area contributed by atoms with Crippen LogP contribution in [0.5, 0.6) is 0 Å². The van der Waals surface area contributed by atoms with E-state index in [4.69, 9.17) is 11.6 Å². The molecule has 0 saturated carbocycles. The Morgan fingerprint density at radius 1 is 1.60 bits per heavy atom. The smallest absolute Gasteiger partial charge is 0.107 e. The van der Waals surface area contributed by atoms with Crippen LogP contribution in [0.1, 0.15) is 39.8 Å². The third-order valence-electron chi connectivity index (χ3n) is 2.83. The normalized spacial score (nSPS) is 15.7. The third-order valence-corrected chi connectivity index (χ3v) is 3.11. The minimum absolute atomic E-state index is 0.0994. The van der Waals surface area contributed by atoms with Gasteiger partial charge in [-0.3, -0.25) is 4.68 Å². The summed E-state index contributed by atoms with van der Waals surface area (Å²) in [6.45, 7) is 8.58. The second-order valence-corrected chi connectivity index (χ2v) is 4.77. The molecular weight excluding hydrogens is 212 g/mol. The van der Waals surface area contributed by atoms with E-state index in [0.29, 0.717) is 5.02 Å². The average molecular weight is 231 g/mol. The molecule has 0 bridgehead atoms. The second kappa shape index (κ2) is 4.54. The summed E-state index contributed by atoms with van der Waals surface area (Å²) in [6, 6.07) is 0. The van der Waals surface area contributed by atoms with E-state index < -0.39 is 5.60 Å². The highest BCUT2D eigenvalue weighted by molar-refractivity contribution is 6.31. The maximum absolute atomic E-state index is 10.4. The second-order valence-electron chi connectivity index (χ2n) is 4.37. The summed E-state index contributed by atoms with van der Waals surface area (Å²) in [5, 5.41) is 15.1. The SMILES string of the molecule is CCCn1ncc(Cl)c1C(C)(O)C(C)C. The Morgan fingerprint density at radius 2 is 2.20 bits per heavy atom. The molecule has 0 aliphatic rings. The van der Waals surface area contributed by atoms with Gasteiger partial charge in [0.25, 0.3) is 0 Å². The van der Waals surface area contributed by atoms with Crippen LogP contribution in [0.4, 0.5) is 0 Å². The molecule has 3 nitrogen and oxygen atoms in total. The van der Waals surface area contributed by atoms with Crippen LogP contribution in [0, 0.1) is 5.92 Å².